The Kier molecular flexibility index (Phi) is 4.26. The average Bonchev–Trinajstić information content (AvgIpc) is 2.11. The van der Waals surface area contributed by atoms with Crippen molar-refractivity contribution in [1.82, 2.24) is 0 Å². The van der Waals surface area contributed by atoms with Crippen LogP contribution in [-0.4, -0.2) is 41.6 Å². The highest BCUT2D eigenvalue weighted by molar-refractivity contribution is 5.66. The first-order valence-electron chi connectivity index (χ1n) is 5.08. The minimum atomic E-state index is -1.18. The summed E-state index contributed by atoms with van der Waals surface area (Å²) in [6.45, 7) is 4.21. The third-order valence-electron chi connectivity index (χ3n) is 2.29. The van der Waals surface area contributed by atoms with Crippen LogP contribution in [0.1, 0.15) is 27.2 Å². The minimum Gasteiger partial charge on any atom is -0.460 e. The summed E-state index contributed by atoms with van der Waals surface area (Å²) >= 11 is 0. The first-order chi connectivity index (χ1) is 7.40. The third kappa shape index (κ3) is 3.46. The van der Waals surface area contributed by atoms with Crippen molar-refractivity contribution >= 4 is 11.9 Å². The number of aliphatic hydroxyl groups is 1. The van der Waals surface area contributed by atoms with Crippen molar-refractivity contribution in [1.29, 1.82) is 0 Å². The van der Waals surface area contributed by atoms with E-state index in [1.165, 1.54) is 13.8 Å². The van der Waals surface area contributed by atoms with E-state index in [1.54, 1.807) is 6.92 Å². The summed E-state index contributed by atoms with van der Waals surface area (Å²) in [5.74, 6) is -0.942. The normalized spacial score (nSPS) is 34.2. The monoisotopic (exact) mass is 232 g/mol. The standard InChI is InChI=1S/C10H16O6/c1-5-8(15-6(2)11)4-9(10(13)14-5)16-7(3)12/h5,8-10,13H,4H2,1-3H3/t5-,8-,9-,10+/m1/s1. The molecule has 0 bridgehead atoms. The van der Waals surface area contributed by atoms with Crippen molar-refractivity contribution in [3.8, 4) is 0 Å². The quantitative estimate of drug-likeness (QED) is 0.674. The summed E-state index contributed by atoms with van der Waals surface area (Å²) in [6, 6.07) is 0. The van der Waals surface area contributed by atoms with Crippen LogP contribution in [0.15, 0.2) is 0 Å². The van der Waals surface area contributed by atoms with Crippen LogP contribution >= 0.6 is 0 Å². The Balaban J connectivity index is 2.60. The molecular weight excluding hydrogens is 216 g/mol. The maximum Gasteiger partial charge on any atom is 0.303 e. The summed E-state index contributed by atoms with van der Waals surface area (Å²) in [7, 11) is 0. The van der Waals surface area contributed by atoms with Crippen LogP contribution in [0, 0.1) is 0 Å². The summed E-state index contributed by atoms with van der Waals surface area (Å²) in [5, 5.41) is 9.50. The molecule has 0 spiro atoms. The van der Waals surface area contributed by atoms with Gasteiger partial charge in [-0.05, 0) is 6.92 Å². The second-order valence-electron chi connectivity index (χ2n) is 3.76. The summed E-state index contributed by atoms with van der Waals surface area (Å²) in [5.41, 5.74) is 0. The molecule has 1 aliphatic rings. The topological polar surface area (TPSA) is 82.1 Å². The molecule has 0 aromatic rings. The largest absolute Gasteiger partial charge is 0.460 e. The molecule has 0 unspecified atom stereocenters. The van der Waals surface area contributed by atoms with Gasteiger partial charge in [-0.1, -0.05) is 0 Å². The zero-order valence-electron chi connectivity index (χ0n) is 9.50. The zero-order valence-corrected chi connectivity index (χ0v) is 9.50. The number of rotatable bonds is 2. The number of carbonyl (C=O) groups is 2. The summed E-state index contributed by atoms with van der Waals surface area (Å²) < 4.78 is 15.0. The molecule has 0 aromatic carbocycles. The van der Waals surface area contributed by atoms with Gasteiger partial charge in [-0.25, -0.2) is 0 Å². The second kappa shape index (κ2) is 5.27. The van der Waals surface area contributed by atoms with E-state index >= 15 is 0 Å². The molecule has 92 valence electrons. The maximum absolute atomic E-state index is 10.8. The van der Waals surface area contributed by atoms with Crippen LogP contribution in [0.4, 0.5) is 0 Å². The molecule has 0 amide bonds. The predicted octanol–water partition coefficient (Wildman–Crippen LogP) is -0.0230. The number of hydrogen-bond acceptors (Lipinski definition) is 6. The lowest BCUT2D eigenvalue weighted by atomic mass is 10.0. The Labute approximate surface area is 93.5 Å². The van der Waals surface area contributed by atoms with Crippen LogP contribution in [0.3, 0.4) is 0 Å². The van der Waals surface area contributed by atoms with E-state index in [2.05, 4.69) is 0 Å². The van der Waals surface area contributed by atoms with Crippen molar-refractivity contribution in [3.63, 3.8) is 0 Å². The first kappa shape index (κ1) is 12.9. The Hall–Kier alpha value is -1.14. The lowest BCUT2D eigenvalue weighted by Gasteiger charge is -2.36. The Bertz CT molecular complexity index is 250. The van der Waals surface area contributed by atoms with Crippen molar-refractivity contribution in [2.24, 2.45) is 0 Å². The second-order valence-corrected chi connectivity index (χ2v) is 3.76. The number of aliphatic hydroxyl groups excluding tert-OH is 1. The summed E-state index contributed by atoms with van der Waals surface area (Å²) in [4.78, 5) is 21.6. The molecule has 6 heteroatoms. The van der Waals surface area contributed by atoms with Crippen LogP contribution < -0.4 is 0 Å². The third-order valence-corrected chi connectivity index (χ3v) is 2.29. The van der Waals surface area contributed by atoms with Crippen LogP contribution in [0.2, 0.25) is 0 Å². The number of esters is 2. The van der Waals surface area contributed by atoms with Gasteiger partial charge in [-0.3, -0.25) is 9.59 Å². The van der Waals surface area contributed by atoms with Crippen LogP contribution in [0.5, 0.6) is 0 Å². The molecule has 0 aromatic heterocycles. The lowest BCUT2D eigenvalue weighted by Crippen LogP contribution is -2.49. The highest BCUT2D eigenvalue weighted by Gasteiger charge is 2.38. The van der Waals surface area contributed by atoms with Gasteiger partial charge in [0.25, 0.3) is 0 Å². The van der Waals surface area contributed by atoms with Crippen molar-refractivity contribution < 1.29 is 28.9 Å². The molecule has 0 saturated carbocycles. The van der Waals surface area contributed by atoms with E-state index < -0.39 is 36.5 Å². The van der Waals surface area contributed by atoms with Crippen LogP contribution in [0.25, 0.3) is 0 Å². The minimum absolute atomic E-state index is 0.238. The molecule has 1 N–H and O–H groups in total. The van der Waals surface area contributed by atoms with Gasteiger partial charge < -0.3 is 19.3 Å². The summed E-state index contributed by atoms with van der Waals surface area (Å²) in [6.07, 6.45) is -2.67. The van der Waals surface area contributed by atoms with E-state index in [-0.39, 0.29) is 6.42 Å². The molecule has 1 fully saturated rings. The molecular formula is C10H16O6. The predicted molar refractivity (Wildman–Crippen MR) is 52.3 cm³/mol. The Morgan fingerprint density at radius 3 is 2.19 bits per heavy atom. The van der Waals surface area contributed by atoms with E-state index in [1.807, 2.05) is 0 Å². The molecule has 1 aliphatic heterocycles. The van der Waals surface area contributed by atoms with Gasteiger partial charge >= 0.3 is 11.9 Å². The molecule has 16 heavy (non-hydrogen) atoms. The zero-order chi connectivity index (χ0) is 12.3. The Morgan fingerprint density at radius 1 is 1.19 bits per heavy atom. The van der Waals surface area contributed by atoms with Gasteiger partial charge in [0.2, 0.25) is 0 Å². The van der Waals surface area contributed by atoms with Gasteiger partial charge in [0.1, 0.15) is 6.10 Å². The maximum atomic E-state index is 10.8. The van der Waals surface area contributed by atoms with Crippen molar-refractivity contribution in [2.45, 2.75) is 51.8 Å². The fraction of sp³-hybridized carbons (Fsp3) is 0.800. The van der Waals surface area contributed by atoms with Gasteiger partial charge in [-0.2, -0.15) is 0 Å². The molecule has 6 nitrogen and oxygen atoms in total. The average molecular weight is 232 g/mol. The van der Waals surface area contributed by atoms with E-state index in [9.17, 15) is 14.7 Å². The Morgan fingerprint density at radius 2 is 1.69 bits per heavy atom. The highest BCUT2D eigenvalue weighted by atomic mass is 16.7. The molecule has 0 radical (unpaired) electrons. The van der Waals surface area contributed by atoms with E-state index in [0.717, 1.165) is 0 Å². The number of hydrogen-bond donors (Lipinski definition) is 1. The molecule has 1 saturated heterocycles. The van der Waals surface area contributed by atoms with Gasteiger partial charge in [0, 0.05) is 20.3 Å². The van der Waals surface area contributed by atoms with Gasteiger partial charge in [0.05, 0.1) is 6.10 Å². The van der Waals surface area contributed by atoms with Gasteiger partial charge in [-0.15, -0.1) is 0 Å². The first-order valence-corrected chi connectivity index (χ1v) is 5.08. The smallest absolute Gasteiger partial charge is 0.303 e. The van der Waals surface area contributed by atoms with Crippen molar-refractivity contribution in [3.05, 3.63) is 0 Å². The van der Waals surface area contributed by atoms with Crippen molar-refractivity contribution in [2.75, 3.05) is 0 Å². The van der Waals surface area contributed by atoms with Gasteiger partial charge in [0.15, 0.2) is 12.4 Å². The van der Waals surface area contributed by atoms with E-state index in [4.69, 9.17) is 14.2 Å². The van der Waals surface area contributed by atoms with Crippen LogP contribution in [-0.2, 0) is 23.8 Å². The number of ether oxygens (including phenoxy) is 3. The lowest BCUT2D eigenvalue weighted by molar-refractivity contribution is -0.252. The molecule has 0 aliphatic carbocycles. The molecule has 1 rings (SSSR count). The SMILES string of the molecule is CC(=O)O[C@@H]1C[C@@H](OC(C)=O)[C@@H](O)O[C@@H]1C. The van der Waals surface area contributed by atoms with E-state index in [0.29, 0.717) is 0 Å². The molecule has 4 atom stereocenters. The fourth-order valence-corrected chi connectivity index (χ4v) is 1.61. The number of carbonyl (C=O) groups excluding carboxylic acids is 2. The molecule has 1 heterocycles. The highest BCUT2D eigenvalue weighted by Crippen LogP contribution is 2.23. The fourth-order valence-electron chi connectivity index (χ4n) is 1.61.